The Morgan fingerprint density at radius 1 is 1.60 bits per heavy atom. The predicted molar refractivity (Wildman–Crippen MR) is 35.8 cm³/mol. The van der Waals surface area contributed by atoms with Gasteiger partial charge in [0.2, 0.25) is 0 Å². The van der Waals surface area contributed by atoms with Crippen LogP contribution in [0.5, 0.6) is 0 Å². The van der Waals surface area contributed by atoms with Crippen LogP contribution in [0, 0.1) is 22.0 Å². The molecule has 52 valence electrons. The lowest BCUT2D eigenvalue weighted by molar-refractivity contribution is -0.419. The molecule has 0 aliphatic heterocycles. The first-order chi connectivity index (χ1) is 4.77. The Balaban J connectivity index is 2.23. The van der Waals surface area contributed by atoms with Gasteiger partial charge in [-0.25, -0.2) is 0 Å². The lowest BCUT2D eigenvalue weighted by Crippen LogP contribution is -1.98. The van der Waals surface area contributed by atoms with Crippen molar-refractivity contribution in [3.05, 3.63) is 34.0 Å². The summed E-state index contributed by atoms with van der Waals surface area (Å²) >= 11 is 0. The van der Waals surface area contributed by atoms with Crippen LogP contribution in [-0.4, -0.2) is 4.92 Å². The molecule has 2 aliphatic carbocycles. The fourth-order valence-electron chi connectivity index (χ4n) is 1.27. The summed E-state index contributed by atoms with van der Waals surface area (Å²) in [5.74, 6) is 1.09. The highest BCUT2D eigenvalue weighted by molar-refractivity contribution is 5.25. The van der Waals surface area contributed by atoms with Crippen molar-refractivity contribution in [1.82, 2.24) is 0 Å². The second-order valence-corrected chi connectivity index (χ2v) is 2.77. The topological polar surface area (TPSA) is 43.1 Å². The second-order valence-electron chi connectivity index (χ2n) is 2.77. The summed E-state index contributed by atoms with van der Waals surface area (Å²) in [6.45, 7) is 0. The van der Waals surface area contributed by atoms with Crippen molar-refractivity contribution >= 4 is 0 Å². The predicted octanol–water partition coefficient (Wildman–Crippen LogP) is 1.35. The Morgan fingerprint density at radius 3 is 3.00 bits per heavy atom. The zero-order valence-corrected chi connectivity index (χ0v) is 5.36. The normalized spacial score (nSPS) is 34.6. The van der Waals surface area contributed by atoms with E-state index in [0.717, 1.165) is 6.42 Å². The van der Waals surface area contributed by atoms with Gasteiger partial charge in [-0.1, -0.05) is 6.08 Å². The molecule has 1 saturated carbocycles. The Labute approximate surface area is 58.2 Å². The van der Waals surface area contributed by atoms with Gasteiger partial charge in [0.05, 0.1) is 4.92 Å². The molecule has 10 heavy (non-hydrogen) atoms. The van der Waals surface area contributed by atoms with Crippen LogP contribution in [0.4, 0.5) is 0 Å². The number of allylic oxidation sites excluding steroid dienone is 3. The van der Waals surface area contributed by atoms with Crippen LogP contribution in [0.2, 0.25) is 0 Å². The summed E-state index contributed by atoms with van der Waals surface area (Å²) in [5.41, 5.74) is 0.263. The minimum Gasteiger partial charge on any atom is -0.258 e. The molecule has 0 aromatic carbocycles. The number of nitrogens with zero attached hydrogens (tertiary/aromatic N) is 1. The molecule has 0 radical (unpaired) electrons. The molecule has 3 nitrogen and oxygen atoms in total. The van der Waals surface area contributed by atoms with Gasteiger partial charge >= 0.3 is 0 Å². The summed E-state index contributed by atoms with van der Waals surface area (Å²) in [6.07, 6.45) is 6.40. The van der Waals surface area contributed by atoms with Crippen molar-refractivity contribution in [2.45, 2.75) is 6.42 Å². The van der Waals surface area contributed by atoms with Crippen LogP contribution < -0.4 is 0 Å². The van der Waals surface area contributed by atoms with Gasteiger partial charge in [-0.3, -0.25) is 10.1 Å². The van der Waals surface area contributed by atoms with Crippen molar-refractivity contribution in [3.8, 4) is 0 Å². The van der Waals surface area contributed by atoms with Crippen LogP contribution in [0.1, 0.15) is 6.42 Å². The largest absolute Gasteiger partial charge is 0.265 e. The molecule has 0 amide bonds. The van der Waals surface area contributed by atoms with Gasteiger partial charge < -0.3 is 0 Å². The summed E-state index contributed by atoms with van der Waals surface area (Å²) in [5, 5.41) is 10.2. The summed E-state index contributed by atoms with van der Waals surface area (Å²) in [4.78, 5) is 9.88. The minimum atomic E-state index is -0.328. The third-order valence-corrected chi connectivity index (χ3v) is 2.00. The van der Waals surface area contributed by atoms with Crippen molar-refractivity contribution in [3.63, 3.8) is 0 Å². The van der Waals surface area contributed by atoms with Gasteiger partial charge in [0, 0.05) is 6.08 Å². The van der Waals surface area contributed by atoms with E-state index in [9.17, 15) is 10.1 Å². The van der Waals surface area contributed by atoms with Crippen LogP contribution >= 0.6 is 0 Å². The molecule has 0 heterocycles. The maximum atomic E-state index is 10.2. The average Bonchev–Trinajstić information content (AvgIpc) is 2.63. The molecule has 2 unspecified atom stereocenters. The summed E-state index contributed by atoms with van der Waals surface area (Å²) in [6, 6.07) is 0. The highest BCUT2D eigenvalue weighted by atomic mass is 16.6. The lowest BCUT2D eigenvalue weighted by Gasteiger charge is -1.95. The quantitative estimate of drug-likeness (QED) is 0.404. The molecule has 0 N–H and O–H groups in total. The van der Waals surface area contributed by atoms with Crippen LogP contribution in [0.25, 0.3) is 0 Å². The molecule has 0 aromatic rings. The second kappa shape index (κ2) is 1.68. The van der Waals surface area contributed by atoms with E-state index < -0.39 is 0 Å². The molecule has 2 atom stereocenters. The Bertz CT molecular complexity index is 242. The minimum absolute atomic E-state index is 0.263. The van der Waals surface area contributed by atoms with Crippen molar-refractivity contribution in [2.24, 2.45) is 11.8 Å². The standard InChI is InChI=1S/C7H7NO2/c9-8(10)7-2-1-5-3-6(5)4-7/h1-2,4-6H,3H2. The van der Waals surface area contributed by atoms with Crippen molar-refractivity contribution < 1.29 is 4.92 Å². The molecule has 0 spiro atoms. The third kappa shape index (κ3) is 0.744. The van der Waals surface area contributed by atoms with E-state index in [-0.39, 0.29) is 10.6 Å². The van der Waals surface area contributed by atoms with Gasteiger partial charge in [0.15, 0.2) is 0 Å². The summed E-state index contributed by atoms with van der Waals surface area (Å²) in [7, 11) is 0. The van der Waals surface area contributed by atoms with Gasteiger partial charge in [-0.2, -0.15) is 0 Å². The molecule has 3 heteroatoms. The molecule has 0 bridgehead atoms. The Hall–Kier alpha value is -1.12. The number of rotatable bonds is 1. The fraction of sp³-hybridized carbons (Fsp3) is 0.429. The average molecular weight is 137 g/mol. The van der Waals surface area contributed by atoms with E-state index in [1.807, 2.05) is 6.08 Å². The third-order valence-electron chi connectivity index (χ3n) is 2.00. The number of fused-ring (bicyclic) bond motifs is 1. The van der Waals surface area contributed by atoms with Crippen LogP contribution in [-0.2, 0) is 0 Å². The van der Waals surface area contributed by atoms with E-state index in [0.29, 0.717) is 11.8 Å². The SMILES string of the molecule is O=[N+]([O-])C1=CC2CC2C=C1. The zero-order valence-electron chi connectivity index (χ0n) is 5.36. The Morgan fingerprint density at radius 2 is 2.40 bits per heavy atom. The fourth-order valence-corrected chi connectivity index (χ4v) is 1.27. The van der Waals surface area contributed by atoms with E-state index in [2.05, 4.69) is 0 Å². The monoisotopic (exact) mass is 137 g/mol. The summed E-state index contributed by atoms with van der Waals surface area (Å²) < 4.78 is 0. The van der Waals surface area contributed by atoms with Gasteiger partial charge in [0.1, 0.15) is 0 Å². The number of hydrogen-bond donors (Lipinski definition) is 0. The maximum Gasteiger partial charge on any atom is 0.265 e. The van der Waals surface area contributed by atoms with Gasteiger partial charge in [0.25, 0.3) is 5.70 Å². The first-order valence-corrected chi connectivity index (χ1v) is 3.32. The van der Waals surface area contributed by atoms with E-state index in [1.165, 1.54) is 0 Å². The van der Waals surface area contributed by atoms with Crippen molar-refractivity contribution in [1.29, 1.82) is 0 Å². The van der Waals surface area contributed by atoms with Crippen molar-refractivity contribution in [2.75, 3.05) is 0 Å². The molecule has 1 fully saturated rings. The molecule has 0 saturated heterocycles. The molecule has 0 aromatic heterocycles. The molecular weight excluding hydrogens is 130 g/mol. The molecule has 2 aliphatic rings. The van der Waals surface area contributed by atoms with E-state index >= 15 is 0 Å². The number of nitro groups is 1. The highest BCUT2D eigenvalue weighted by Gasteiger charge is 2.37. The smallest absolute Gasteiger partial charge is 0.258 e. The van der Waals surface area contributed by atoms with Crippen LogP contribution in [0.3, 0.4) is 0 Å². The van der Waals surface area contributed by atoms with Crippen LogP contribution in [0.15, 0.2) is 23.9 Å². The zero-order chi connectivity index (χ0) is 7.14. The van der Waals surface area contributed by atoms with E-state index in [4.69, 9.17) is 0 Å². The maximum absolute atomic E-state index is 10.2. The van der Waals surface area contributed by atoms with E-state index in [1.54, 1.807) is 12.2 Å². The molecule has 2 rings (SSSR count). The first kappa shape index (κ1) is 5.65. The number of hydrogen-bond acceptors (Lipinski definition) is 2. The Kier molecular flexibility index (Phi) is 0.952. The lowest BCUT2D eigenvalue weighted by atomic mass is 10.2. The van der Waals surface area contributed by atoms with Gasteiger partial charge in [-0.15, -0.1) is 0 Å². The highest BCUT2D eigenvalue weighted by Crippen LogP contribution is 2.44. The molecular formula is C7H7NO2. The first-order valence-electron chi connectivity index (χ1n) is 3.32. The van der Waals surface area contributed by atoms with Gasteiger partial charge in [-0.05, 0) is 24.3 Å².